The first-order valence-electron chi connectivity index (χ1n) is 8.88. The lowest BCUT2D eigenvalue weighted by molar-refractivity contribution is 0.0978. The van der Waals surface area contributed by atoms with Crippen LogP contribution in [0.4, 0.5) is 4.79 Å². The summed E-state index contributed by atoms with van der Waals surface area (Å²) in [6, 6.07) is 10.5. The highest BCUT2D eigenvalue weighted by Crippen LogP contribution is 2.34. The van der Waals surface area contributed by atoms with Gasteiger partial charge in [-0.2, -0.15) is 0 Å². The van der Waals surface area contributed by atoms with Crippen LogP contribution in [0.1, 0.15) is 38.7 Å². The van der Waals surface area contributed by atoms with Gasteiger partial charge in [-0.25, -0.2) is 4.79 Å². The first-order chi connectivity index (χ1) is 11.4. The monoisotopic (exact) mass is 331 g/mol. The largest absolute Gasteiger partial charge is 0.373 e. The Labute approximate surface area is 144 Å². The van der Waals surface area contributed by atoms with E-state index in [1.807, 2.05) is 6.07 Å². The molecule has 132 valence electrons. The van der Waals surface area contributed by atoms with E-state index in [1.54, 1.807) is 0 Å². The van der Waals surface area contributed by atoms with Crippen LogP contribution in [-0.4, -0.2) is 48.3 Å². The second-order valence-electron chi connectivity index (χ2n) is 7.86. The molecule has 5 heteroatoms. The van der Waals surface area contributed by atoms with E-state index in [2.05, 4.69) is 60.7 Å². The number of rotatable bonds is 6. The molecule has 3 rings (SSSR count). The predicted molar refractivity (Wildman–Crippen MR) is 94.8 cm³/mol. The maximum Gasteiger partial charge on any atom is 0.315 e. The summed E-state index contributed by atoms with van der Waals surface area (Å²) >= 11 is 0. The van der Waals surface area contributed by atoms with Crippen molar-refractivity contribution in [2.24, 2.45) is 0 Å². The fourth-order valence-electron chi connectivity index (χ4n) is 3.97. The molecule has 2 fully saturated rings. The molecule has 1 aromatic rings. The third-order valence-electron chi connectivity index (χ3n) is 4.83. The standard InChI is InChI=1S/C19H29N3O2/c1-19(2,13-22(3)12-14-7-5-4-6-8-14)21-18(23)20-16-11-15-9-10-17(16)24-15/h4-8,15-17H,9-13H2,1-3H3,(H2,20,21,23)/t15-,16-,17-/m1/s1. The number of nitrogens with zero attached hydrogens (tertiary/aromatic N) is 1. The highest BCUT2D eigenvalue weighted by molar-refractivity contribution is 5.75. The van der Waals surface area contributed by atoms with E-state index >= 15 is 0 Å². The SMILES string of the molecule is CN(Cc1ccccc1)CC(C)(C)NC(=O)N[C@@H]1C[C@H]2CC[C@H]1O2. The summed E-state index contributed by atoms with van der Waals surface area (Å²) < 4.78 is 5.80. The van der Waals surface area contributed by atoms with Gasteiger partial charge < -0.3 is 15.4 Å². The Bertz CT molecular complexity index is 561. The van der Waals surface area contributed by atoms with Gasteiger partial charge in [0.05, 0.1) is 18.2 Å². The second-order valence-corrected chi connectivity index (χ2v) is 7.86. The first kappa shape index (κ1) is 17.2. The molecule has 0 unspecified atom stereocenters. The Balaban J connectivity index is 1.45. The Morgan fingerprint density at radius 3 is 2.67 bits per heavy atom. The molecule has 2 heterocycles. The molecule has 24 heavy (non-hydrogen) atoms. The number of ether oxygens (including phenoxy) is 1. The minimum absolute atomic E-state index is 0.0886. The minimum atomic E-state index is -0.300. The lowest BCUT2D eigenvalue weighted by atomic mass is 9.95. The molecule has 0 aliphatic carbocycles. The van der Waals surface area contributed by atoms with E-state index in [1.165, 1.54) is 5.56 Å². The molecule has 1 aromatic carbocycles. The average molecular weight is 331 g/mol. The summed E-state index contributed by atoms with van der Waals surface area (Å²) in [5.41, 5.74) is 0.978. The van der Waals surface area contributed by atoms with Crippen molar-refractivity contribution >= 4 is 6.03 Å². The van der Waals surface area contributed by atoms with Gasteiger partial charge in [0.15, 0.2) is 0 Å². The van der Waals surface area contributed by atoms with Gasteiger partial charge in [0.25, 0.3) is 0 Å². The van der Waals surface area contributed by atoms with E-state index in [0.29, 0.717) is 6.10 Å². The molecule has 2 aliphatic rings. The van der Waals surface area contributed by atoms with Crippen LogP contribution in [-0.2, 0) is 11.3 Å². The van der Waals surface area contributed by atoms with Gasteiger partial charge in [-0.15, -0.1) is 0 Å². The number of fused-ring (bicyclic) bond motifs is 2. The van der Waals surface area contributed by atoms with Crippen molar-refractivity contribution < 1.29 is 9.53 Å². The van der Waals surface area contributed by atoms with Crippen LogP contribution in [0.5, 0.6) is 0 Å². The maximum absolute atomic E-state index is 12.3. The zero-order valence-corrected chi connectivity index (χ0v) is 14.9. The van der Waals surface area contributed by atoms with Crippen molar-refractivity contribution in [3.63, 3.8) is 0 Å². The van der Waals surface area contributed by atoms with E-state index in [-0.39, 0.29) is 23.7 Å². The molecule has 0 radical (unpaired) electrons. The van der Waals surface area contributed by atoms with Crippen LogP contribution in [0.15, 0.2) is 30.3 Å². The van der Waals surface area contributed by atoms with Gasteiger partial charge >= 0.3 is 6.03 Å². The Hall–Kier alpha value is -1.59. The number of hydrogen-bond acceptors (Lipinski definition) is 3. The van der Waals surface area contributed by atoms with E-state index in [9.17, 15) is 4.79 Å². The highest BCUT2D eigenvalue weighted by atomic mass is 16.5. The van der Waals surface area contributed by atoms with Gasteiger partial charge in [-0.3, -0.25) is 4.90 Å². The molecule has 2 saturated heterocycles. The number of carbonyl (C=O) groups is 1. The lowest BCUT2D eigenvalue weighted by Gasteiger charge is -2.32. The summed E-state index contributed by atoms with van der Waals surface area (Å²) in [4.78, 5) is 14.6. The van der Waals surface area contributed by atoms with Crippen LogP contribution < -0.4 is 10.6 Å². The Morgan fingerprint density at radius 1 is 1.29 bits per heavy atom. The second kappa shape index (κ2) is 7.11. The molecule has 3 atom stereocenters. The summed E-state index contributed by atoms with van der Waals surface area (Å²) in [5.74, 6) is 0. The van der Waals surface area contributed by atoms with E-state index in [4.69, 9.17) is 4.74 Å². The predicted octanol–water partition coefficient (Wildman–Crippen LogP) is 2.52. The molecule has 0 aromatic heterocycles. The molecule has 2 N–H and O–H groups in total. The van der Waals surface area contributed by atoms with Crippen LogP contribution >= 0.6 is 0 Å². The normalized spacial score (nSPS) is 25.9. The summed E-state index contributed by atoms with van der Waals surface area (Å²) in [6.07, 6.45) is 3.72. The molecule has 0 saturated carbocycles. The topological polar surface area (TPSA) is 53.6 Å². The third kappa shape index (κ3) is 4.48. The van der Waals surface area contributed by atoms with Crippen molar-refractivity contribution in [2.75, 3.05) is 13.6 Å². The lowest BCUT2D eigenvalue weighted by Crippen LogP contribution is -2.56. The quantitative estimate of drug-likeness (QED) is 0.842. The zero-order chi connectivity index (χ0) is 17.2. The van der Waals surface area contributed by atoms with E-state index in [0.717, 1.165) is 32.4 Å². The maximum atomic E-state index is 12.3. The Kier molecular flexibility index (Phi) is 5.11. The first-order valence-corrected chi connectivity index (χ1v) is 8.88. The number of amides is 2. The zero-order valence-electron chi connectivity index (χ0n) is 14.9. The molecular weight excluding hydrogens is 302 g/mol. The van der Waals surface area contributed by atoms with Crippen molar-refractivity contribution in [3.8, 4) is 0 Å². The van der Waals surface area contributed by atoms with Crippen molar-refractivity contribution in [2.45, 2.75) is 63.4 Å². The van der Waals surface area contributed by atoms with Gasteiger partial charge in [0.1, 0.15) is 0 Å². The number of nitrogens with one attached hydrogen (secondary N) is 2. The third-order valence-corrected chi connectivity index (χ3v) is 4.83. The molecule has 2 aliphatic heterocycles. The van der Waals surface area contributed by atoms with Crippen molar-refractivity contribution in [3.05, 3.63) is 35.9 Å². The minimum Gasteiger partial charge on any atom is -0.373 e. The fourth-order valence-corrected chi connectivity index (χ4v) is 3.97. The van der Waals surface area contributed by atoms with Crippen LogP contribution in [0.3, 0.4) is 0 Å². The fraction of sp³-hybridized carbons (Fsp3) is 0.632. The van der Waals surface area contributed by atoms with Gasteiger partial charge in [0, 0.05) is 18.6 Å². The number of urea groups is 1. The molecular formula is C19H29N3O2. The Morgan fingerprint density at radius 2 is 2.04 bits per heavy atom. The van der Waals surface area contributed by atoms with Crippen molar-refractivity contribution in [1.29, 1.82) is 0 Å². The number of carbonyl (C=O) groups excluding carboxylic acids is 1. The van der Waals surface area contributed by atoms with Gasteiger partial charge in [-0.1, -0.05) is 30.3 Å². The molecule has 2 amide bonds. The molecule has 2 bridgehead atoms. The number of hydrogen-bond donors (Lipinski definition) is 2. The number of benzene rings is 1. The molecule has 0 spiro atoms. The van der Waals surface area contributed by atoms with Crippen molar-refractivity contribution in [1.82, 2.24) is 15.5 Å². The van der Waals surface area contributed by atoms with Gasteiger partial charge in [0.2, 0.25) is 0 Å². The summed E-state index contributed by atoms with van der Waals surface area (Å²) in [6.45, 7) is 5.77. The van der Waals surface area contributed by atoms with E-state index < -0.39 is 0 Å². The summed E-state index contributed by atoms with van der Waals surface area (Å²) in [5, 5.41) is 6.21. The molecule has 5 nitrogen and oxygen atoms in total. The highest BCUT2D eigenvalue weighted by Gasteiger charge is 2.41. The smallest absolute Gasteiger partial charge is 0.315 e. The van der Waals surface area contributed by atoms with Crippen LogP contribution in [0.25, 0.3) is 0 Å². The average Bonchev–Trinajstić information content (AvgIpc) is 3.09. The summed E-state index contributed by atoms with van der Waals surface area (Å²) in [7, 11) is 2.08. The number of likely N-dealkylation sites (N-methyl/N-ethyl adjacent to an activating group) is 1. The van der Waals surface area contributed by atoms with Crippen LogP contribution in [0.2, 0.25) is 0 Å². The van der Waals surface area contributed by atoms with Crippen LogP contribution in [0, 0.1) is 0 Å². The van der Waals surface area contributed by atoms with Gasteiger partial charge in [-0.05, 0) is 45.7 Å².